The molecular formula is C13H18ClN. The molecule has 0 amide bonds. The monoisotopic (exact) mass is 223 g/mol. The largest absolute Gasteiger partial charge is 0.378 e. The zero-order chi connectivity index (χ0) is 11.1. The van der Waals surface area contributed by atoms with Gasteiger partial charge in [-0.15, -0.1) is 0 Å². The van der Waals surface area contributed by atoms with E-state index in [0.717, 1.165) is 23.6 Å². The van der Waals surface area contributed by atoms with Gasteiger partial charge in [-0.05, 0) is 37.3 Å². The van der Waals surface area contributed by atoms with E-state index < -0.39 is 0 Å². The molecular weight excluding hydrogens is 206 g/mol. The van der Waals surface area contributed by atoms with Gasteiger partial charge in [0, 0.05) is 5.54 Å². The summed E-state index contributed by atoms with van der Waals surface area (Å²) in [7, 11) is 0. The van der Waals surface area contributed by atoms with Crippen LogP contribution in [0.1, 0.15) is 32.8 Å². The van der Waals surface area contributed by atoms with Gasteiger partial charge in [-0.3, -0.25) is 0 Å². The highest BCUT2D eigenvalue weighted by Crippen LogP contribution is 2.39. The van der Waals surface area contributed by atoms with Crippen molar-refractivity contribution in [2.45, 2.75) is 39.2 Å². The SMILES string of the molecule is CCC1(C)Nc2c(Cl)cccc2CC1C. The van der Waals surface area contributed by atoms with Crippen LogP contribution in [0.5, 0.6) is 0 Å². The lowest BCUT2D eigenvalue weighted by Crippen LogP contribution is -2.45. The van der Waals surface area contributed by atoms with E-state index in [1.54, 1.807) is 0 Å². The molecule has 1 aromatic rings. The van der Waals surface area contributed by atoms with E-state index in [9.17, 15) is 0 Å². The van der Waals surface area contributed by atoms with E-state index in [1.807, 2.05) is 12.1 Å². The third kappa shape index (κ3) is 1.74. The zero-order valence-electron chi connectivity index (χ0n) is 9.60. The highest BCUT2D eigenvalue weighted by molar-refractivity contribution is 6.33. The van der Waals surface area contributed by atoms with Gasteiger partial charge in [0.05, 0.1) is 10.7 Å². The first-order valence-corrected chi connectivity index (χ1v) is 6.00. The van der Waals surface area contributed by atoms with Crippen LogP contribution in [0.4, 0.5) is 5.69 Å². The molecule has 2 heteroatoms. The molecule has 2 unspecified atom stereocenters. The van der Waals surface area contributed by atoms with Crippen molar-refractivity contribution in [3.05, 3.63) is 28.8 Å². The van der Waals surface area contributed by atoms with Crippen molar-refractivity contribution in [3.63, 3.8) is 0 Å². The summed E-state index contributed by atoms with van der Waals surface area (Å²) in [5.74, 6) is 0.647. The number of para-hydroxylation sites is 1. The molecule has 1 aromatic carbocycles. The van der Waals surface area contributed by atoms with E-state index in [0.29, 0.717) is 5.92 Å². The smallest absolute Gasteiger partial charge is 0.0640 e. The van der Waals surface area contributed by atoms with Crippen molar-refractivity contribution in [1.82, 2.24) is 0 Å². The predicted octanol–water partition coefficient (Wildman–Crippen LogP) is 4.11. The van der Waals surface area contributed by atoms with E-state index >= 15 is 0 Å². The number of hydrogen-bond acceptors (Lipinski definition) is 1. The van der Waals surface area contributed by atoms with Gasteiger partial charge in [0.15, 0.2) is 0 Å². The third-order valence-electron chi connectivity index (χ3n) is 3.86. The molecule has 1 aliphatic rings. The summed E-state index contributed by atoms with van der Waals surface area (Å²) < 4.78 is 0. The van der Waals surface area contributed by atoms with Crippen LogP contribution in [0.25, 0.3) is 0 Å². The van der Waals surface area contributed by atoms with E-state index in [1.165, 1.54) is 5.56 Å². The second kappa shape index (κ2) is 3.71. The third-order valence-corrected chi connectivity index (χ3v) is 4.17. The molecule has 1 heterocycles. The highest BCUT2D eigenvalue weighted by Gasteiger charge is 2.34. The summed E-state index contributed by atoms with van der Waals surface area (Å²) in [5.41, 5.74) is 2.67. The van der Waals surface area contributed by atoms with Gasteiger partial charge in [-0.1, -0.05) is 37.6 Å². The van der Waals surface area contributed by atoms with Crippen LogP contribution in [-0.2, 0) is 6.42 Å². The van der Waals surface area contributed by atoms with Crippen molar-refractivity contribution in [1.29, 1.82) is 0 Å². The molecule has 2 rings (SSSR count). The number of halogens is 1. The molecule has 1 nitrogen and oxygen atoms in total. The number of rotatable bonds is 1. The lowest BCUT2D eigenvalue weighted by molar-refractivity contribution is 0.323. The standard InChI is InChI=1S/C13H18ClN/c1-4-13(3)9(2)8-10-6-5-7-11(14)12(10)15-13/h5-7,9,15H,4,8H2,1-3H3. The molecule has 0 saturated carbocycles. The first-order chi connectivity index (χ1) is 7.07. The summed E-state index contributed by atoms with van der Waals surface area (Å²) in [6.45, 7) is 6.82. The minimum absolute atomic E-state index is 0.179. The molecule has 82 valence electrons. The molecule has 1 aliphatic heterocycles. The van der Waals surface area contributed by atoms with Crippen LogP contribution in [0.2, 0.25) is 5.02 Å². The molecule has 0 bridgehead atoms. The number of anilines is 1. The van der Waals surface area contributed by atoms with E-state index in [2.05, 4.69) is 32.2 Å². The van der Waals surface area contributed by atoms with Crippen molar-refractivity contribution in [3.8, 4) is 0 Å². The lowest BCUT2D eigenvalue weighted by Gasteiger charge is -2.42. The Kier molecular flexibility index (Phi) is 2.68. The maximum Gasteiger partial charge on any atom is 0.0640 e. The predicted molar refractivity (Wildman–Crippen MR) is 66.6 cm³/mol. The van der Waals surface area contributed by atoms with Crippen LogP contribution in [0.3, 0.4) is 0 Å². The minimum atomic E-state index is 0.179. The van der Waals surface area contributed by atoms with Crippen molar-refractivity contribution >= 4 is 17.3 Å². The Morgan fingerprint density at radius 1 is 1.53 bits per heavy atom. The molecule has 0 spiro atoms. The molecule has 0 saturated heterocycles. The summed E-state index contributed by atoms with van der Waals surface area (Å²) in [6.07, 6.45) is 2.24. The number of benzene rings is 1. The fourth-order valence-corrected chi connectivity index (χ4v) is 2.52. The van der Waals surface area contributed by atoms with Crippen LogP contribution in [-0.4, -0.2) is 5.54 Å². The minimum Gasteiger partial charge on any atom is -0.378 e. The molecule has 0 radical (unpaired) electrons. The fourth-order valence-electron chi connectivity index (χ4n) is 2.28. The Labute approximate surface area is 96.8 Å². The number of nitrogens with one attached hydrogen (secondary N) is 1. The maximum absolute atomic E-state index is 6.21. The van der Waals surface area contributed by atoms with Gasteiger partial charge in [0.1, 0.15) is 0 Å². The summed E-state index contributed by atoms with van der Waals surface area (Å²) in [5, 5.41) is 4.46. The Morgan fingerprint density at radius 3 is 2.93 bits per heavy atom. The first-order valence-electron chi connectivity index (χ1n) is 5.62. The molecule has 0 aromatic heterocycles. The van der Waals surface area contributed by atoms with Crippen molar-refractivity contribution in [2.24, 2.45) is 5.92 Å². The van der Waals surface area contributed by atoms with Crippen molar-refractivity contribution < 1.29 is 0 Å². The molecule has 1 N–H and O–H groups in total. The van der Waals surface area contributed by atoms with Gasteiger partial charge >= 0.3 is 0 Å². The summed E-state index contributed by atoms with van der Waals surface area (Å²) in [6, 6.07) is 6.16. The zero-order valence-corrected chi connectivity index (χ0v) is 10.4. The summed E-state index contributed by atoms with van der Waals surface area (Å²) >= 11 is 6.21. The Hall–Kier alpha value is -0.690. The van der Waals surface area contributed by atoms with Gasteiger partial charge < -0.3 is 5.32 Å². The Morgan fingerprint density at radius 2 is 2.27 bits per heavy atom. The van der Waals surface area contributed by atoms with Crippen LogP contribution >= 0.6 is 11.6 Å². The average Bonchev–Trinajstić information content (AvgIpc) is 2.22. The van der Waals surface area contributed by atoms with Crippen LogP contribution < -0.4 is 5.32 Å². The Bertz CT molecular complexity index is 375. The molecule has 15 heavy (non-hydrogen) atoms. The number of fused-ring (bicyclic) bond motifs is 1. The normalized spacial score (nSPS) is 29.5. The number of hydrogen-bond donors (Lipinski definition) is 1. The van der Waals surface area contributed by atoms with Gasteiger partial charge in [0.2, 0.25) is 0 Å². The topological polar surface area (TPSA) is 12.0 Å². The first kappa shape index (κ1) is 10.8. The molecule has 0 aliphatic carbocycles. The van der Waals surface area contributed by atoms with Crippen LogP contribution in [0, 0.1) is 5.92 Å². The van der Waals surface area contributed by atoms with Crippen molar-refractivity contribution in [2.75, 3.05) is 5.32 Å². The molecule has 0 fully saturated rings. The van der Waals surface area contributed by atoms with Gasteiger partial charge in [0.25, 0.3) is 0 Å². The van der Waals surface area contributed by atoms with Crippen LogP contribution in [0.15, 0.2) is 18.2 Å². The van der Waals surface area contributed by atoms with Gasteiger partial charge in [-0.2, -0.15) is 0 Å². The lowest BCUT2D eigenvalue weighted by atomic mass is 9.77. The quantitative estimate of drug-likeness (QED) is 0.756. The average molecular weight is 224 g/mol. The highest BCUT2D eigenvalue weighted by atomic mass is 35.5. The Balaban J connectivity index is 2.43. The summed E-state index contributed by atoms with van der Waals surface area (Å²) in [4.78, 5) is 0. The fraction of sp³-hybridized carbons (Fsp3) is 0.538. The second-order valence-electron chi connectivity index (χ2n) is 4.78. The second-order valence-corrected chi connectivity index (χ2v) is 5.18. The van der Waals surface area contributed by atoms with Gasteiger partial charge in [-0.25, -0.2) is 0 Å². The van der Waals surface area contributed by atoms with E-state index in [4.69, 9.17) is 11.6 Å². The maximum atomic E-state index is 6.21. The van der Waals surface area contributed by atoms with E-state index in [-0.39, 0.29) is 5.54 Å². The molecule has 2 atom stereocenters.